The standard InChI is InChI=1S/C22H27N5O/c23-15-18-9-7-17(8-10-18)11-12-21(28)26-13-4-5-19(16-26)22-25-24-20-6-2-1-3-14-27(20)22/h7-10,19H,1-6,11-14,16H2. The van der Waals surface area contributed by atoms with Crippen LogP contribution in [-0.2, 0) is 24.2 Å². The molecule has 6 heteroatoms. The Morgan fingerprint density at radius 3 is 2.79 bits per heavy atom. The van der Waals surface area contributed by atoms with Crippen LogP contribution in [0, 0.1) is 11.3 Å². The minimum atomic E-state index is 0.213. The minimum absolute atomic E-state index is 0.213. The van der Waals surface area contributed by atoms with Crippen LogP contribution < -0.4 is 0 Å². The molecule has 1 atom stereocenters. The number of carbonyl (C=O) groups excluding carboxylic acids is 1. The first-order valence-electron chi connectivity index (χ1n) is 10.4. The highest BCUT2D eigenvalue weighted by molar-refractivity contribution is 5.76. The zero-order valence-electron chi connectivity index (χ0n) is 16.3. The molecule has 0 saturated carbocycles. The average molecular weight is 377 g/mol. The molecule has 3 heterocycles. The number of likely N-dealkylation sites (tertiary alicyclic amines) is 1. The monoisotopic (exact) mass is 377 g/mol. The van der Waals surface area contributed by atoms with Crippen molar-refractivity contribution in [3.63, 3.8) is 0 Å². The van der Waals surface area contributed by atoms with Crippen molar-refractivity contribution in [2.45, 2.75) is 63.8 Å². The van der Waals surface area contributed by atoms with Gasteiger partial charge in [-0.3, -0.25) is 4.79 Å². The molecule has 0 spiro atoms. The van der Waals surface area contributed by atoms with Crippen molar-refractivity contribution in [3.8, 4) is 6.07 Å². The van der Waals surface area contributed by atoms with Crippen molar-refractivity contribution >= 4 is 5.91 Å². The van der Waals surface area contributed by atoms with E-state index >= 15 is 0 Å². The summed E-state index contributed by atoms with van der Waals surface area (Å²) in [5.41, 5.74) is 1.75. The predicted octanol–water partition coefficient (Wildman–Crippen LogP) is 3.21. The van der Waals surface area contributed by atoms with Crippen molar-refractivity contribution in [1.82, 2.24) is 19.7 Å². The first kappa shape index (κ1) is 18.7. The minimum Gasteiger partial charge on any atom is -0.342 e. The zero-order chi connectivity index (χ0) is 19.3. The van der Waals surface area contributed by atoms with Crippen molar-refractivity contribution < 1.29 is 4.79 Å². The lowest BCUT2D eigenvalue weighted by Crippen LogP contribution is -2.40. The Hall–Kier alpha value is -2.68. The fourth-order valence-corrected chi connectivity index (χ4v) is 4.38. The number of carbonyl (C=O) groups is 1. The third kappa shape index (κ3) is 4.09. The van der Waals surface area contributed by atoms with Crippen molar-refractivity contribution in [2.75, 3.05) is 13.1 Å². The van der Waals surface area contributed by atoms with E-state index in [1.165, 1.54) is 19.3 Å². The fourth-order valence-electron chi connectivity index (χ4n) is 4.38. The summed E-state index contributed by atoms with van der Waals surface area (Å²) < 4.78 is 2.32. The Labute approximate surface area is 166 Å². The molecule has 4 rings (SSSR count). The van der Waals surface area contributed by atoms with Gasteiger partial charge in [0.25, 0.3) is 0 Å². The van der Waals surface area contributed by atoms with E-state index in [4.69, 9.17) is 5.26 Å². The number of hydrogen-bond donors (Lipinski definition) is 0. The summed E-state index contributed by atoms with van der Waals surface area (Å²) >= 11 is 0. The van der Waals surface area contributed by atoms with E-state index in [-0.39, 0.29) is 5.91 Å². The van der Waals surface area contributed by atoms with Crippen molar-refractivity contribution in [2.24, 2.45) is 0 Å². The van der Waals surface area contributed by atoms with Gasteiger partial charge in [0.15, 0.2) is 0 Å². The van der Waals surface area contributed by atoms with Crippen LogP contribution in [0.5, 0.6) is 0 Å². The maximum atomic E-state index is 12.8. The van der Waals surface area contributed by atoms with Crippen LogP contribution in [0.2, 0.25) is 0 Å². The number of nitriles is 1. The number of fused-ring (bicyclic) bond motifs is 1. The van der Waals surface area contributed by atoms with Crippen molar-refractivity contribution in [3.05, 3.63) is 47.0 Å². The molecule has 6 nitrogen and oxygen atoms in total. The van der Waals surface area contributed by atoms with Gasteiger partial charge in [0, 0.05) is 38.4 Å². The van der Waals surface area contributed by atoms with Gasteiger partial charge in [-0.15, -0.1) is 10.2 Å². The lowest BCUT2D eigenvalue weighted by Gasteiger charge is -2.32. The first-order valence-corrected chi connectivity index (χ1v) is 10.4. The van der Waals surface area contributed by atoms with Gasteiger partial charge in [-0.1, -0.05) is 18.6 Å². The van der Waals surface area contributed by atoms with Crippen LogP contribution in [0.4, 0.5) is 0 Å². The quantitative estimate of drug-likeness (QED) is 0.820. The highest BCUT2D eigenvalue weighted by atomic mass is 16.2. The number of hydrogen-bond acceptors (Lipinski definition) is 4. The van der Waals surface area contributed by atoms with Crippen LogP contribution in [0.1, 0.15) is 67.2 Å². The number of aromatic nitrogens is 3. The van der Waals surface area contributed by atoms with E-state index in [1.54, 1.807) is 0 Å². The van der Waals surface area contributed by atoms with Gasteiger partial charge < -0.3 is 9.47 Å². The number of amides is 1. The molecule has 28 heavy (non-hydrogen) atoms. The number of benzene rings is 1. The lowest BCUT2D eigenvalue weighted by molar-refractivity contribution is -0.132. The van der Waals surface area contributed by atoms with Gasteiger partial charge in [0.2, 0.25) is 5.91 Å². The van der Waals surface area contributed by atoms with E-state index in [1.807, 2.05) is 29.2 Å². The Morgan fingerprint density at radius 2 is 1.96 bits per heavy atom. The van der Waals surface area contributed by atoms with E-state index in [2.05, 4.69) is 20.8 Å². The van der Waals surface area contributed by atoms with Crippen LogP contribution in [0.15, 0.2) is 24.3 Å². The summed E-state index contributed by atoms with van der Waals surface area (Å²) in [6.07, 6.45) is 8.00. The van der Waals surface area contributed by atoms with Crippen LogP contribution in [0.3, 0.4) is 0 Å². The van der Waals surface area contributed by atoms with Crippen LogP contribution >= 0.6 is 0 Å². The zero-order valence-corrected chi connectivity index (χ0v) is 16.3. The third-order valence-electron chi connectivity index (χ3n) is 5.99. The Kier molecular flexibility index (Phi) is 5.70. The highest BCUT2D eigenvalue weighted by Gasteiger charge is 2.29. The van der Waals surface area contributed by atoms with Gasteiger partial charge in [-0.25, -0.2) is 0 Å². The molecular weight excluding hydrogens is 350 g/mol. The maximum Gasteiger partial charge on any atom is 0.222 e. The molecule has 2 aromatic rings. The molecular formula is C22H27N5O. The normalized spacial score (nSPS) is 19.5. The molecule has 0 radical (unpaired) electrons. The van der Waals surface area contributed by atoms with Gasteiger partial charge in [0.1, 0.15) is 11.6 Å². The Morgan fingerprint density at radius 1 is 1.11 bits per heavy atom. The van der Waals surface area contributed by atoms with E-state index in [0.717, 1.165) is 56.1 Å². The summed E-state index contributed by atoms with van der Waals surface area (Å²) in [6.45, 7) is 2.61. The second kappa shape index (κ2) is 8.55. The van der Waals surface area contributed by atoms with E-state index in [9.17, 15) is 4.79 Å². The number of piperidine rings is 1. The summed E-state index contributed by atoms with van der Waals surface area (Å²) in [5.74, 6) is 2.72. The maximum absolute atomic E-state index is 12.8. The molecule has 2 aliphatic rings. The predicted molar refractivity (Wildman–Crippen MR) is 106 cm³/mol. The number of nitrogens with zero attached hydrogens (tertiary/aromatic N) is 5. The molecule has 146 valence electrons. The van der Waals surface area contributed by atoms with Crippen LogP contribution in [-0.4, -0.2) is 38.7 Å². The molecule has 1 amide bonds. The molecule has 0 N–H and O–H groups in total. The SMILES string of the molecule is N#Cc1ccc(CCC(=O)N2CCCC(c3nnc4n3CCCCC4)C2)cc1. The molecule has 1 unspecified atom stereocenters. The molecule has 1 aromatic heterocycles. The fraction of sp³-hybridized carbons (Fsp3) is 0.545. The smallest absolute Gasteiger partial charge is 0.222 e. The summed E-state index contributed by atoms with van der Waals surface area (Å²) in [6, 6.07) is 9.63. The second-order valence-corrected chi connectivity index (χ2v) is 7.92. The molecule has 1 fully saturated rings. The molecule has 0 bridgehead atoms. The van der Waals surface area contributed by atoms with Gasteiger partial charge in [0.05, 0.1) is 11.6 Å². The van der Waals surface area contributed by atoms with E-state index < -0.39 is 0 Å². The third-order valence-corrected chi connectivity index (χ3v) is 5.99. The second-order valence-electron chi connectivity index (χ2n) is 7.92. The van der Waals surface area contributed by atoms with Crippen LogP contribution in [0.25, 0.3) is 0 Å². The number of rotatable bonds is 4. The van der Waals surface area contributed by atoms with Gasteiger partial charge in [-0.05, 0) is 49.8 Å². The number of aryl methyl sites for hydroxylation is 2. The van der Waals surface area contributed by atoms with Gasteiger partial charge >= 0.3 is 0 Å². The average Bonchev–Trinajstić information content (AvgIpc) is 3.00. The summed E-state index contributed by atoms with van der Waals surface area (Å²) in [5, 5.41) is 17.8. The molecule has 1 saturated heterocycles. The Balaban J connectivity index is 1.37. The Bertz CT molecular complexity index is 864. The molecule has 0 aliphatic carbocycles. The summed E-state index contributed by atoms with van der Waals surface area (Å²) in [7, 11) is 0. The molecule has 1 aromatic carbocycles. The largest absolute Gasteiger partial charge is 0.342 e. The summed E-state index contributed by atoms with van der Waals surface area (Å²) in [4.78, 5) is 14.8. The van der Waals surface area contributed by atoms with Gasteiger partial charge in [-0.2, -0.15) is 5.26 Å². The topological polar surface area (TPSA) is 74.8 Å². The first-order chi connectivity index (χ1) is 13.7. The highest BCUT2D eigenvalue weighted by Crippen LogP contribution is 2.28. The lowest BCUT2D eigenvalue weighted by atomic mass is 9.96. The van der Waals surface area contributed by atoms with Crippen molar-refractivity contribution in [1.29, 1.82) is 5.26 Å². The van der Waals surface area contributed by atoms with E-state index in [0.29, 0.717) is 24.3 Å². The molecule has 2 aliphatic heterocycles.